The van der Waals surface area contributed by atoms with Gasteiger partial charge in [0, 0.05) is 32.6 Å². The molecule has 1 amide bonds. The molecule has 2 heterocycles. The summed E-state index contributed by atoms with van der Waals surface area (Å²) in [5, 5.41) is 0. The summed E-state index contributed by atoms with van der Waals surface area (Å²) in [6.45, 7) is 9.53. The van der Waals surface area contributed by atoms with Crippen molar-refractivity contribution in [3.8, 4) is 0 Å². The summed E-state index contributed by atoms with van der Waals surface area (Å²) in [5.74, 6) is 0.116. The molecular weight excluding hydrogens is 352 g/mol. The highest BCUT2D eigenvalue weighted by Gasteiger charge is 2.41. The zero-order chi connectivity index (χ0) is 19.1. The Bertz CT molecular complexity index is 754. The molecule has 7 heteroatoms. The number of benzene rings is 1. The van der Waals surface area contributed by atoms with Crippen LogP contribution < -0.4 is 0 Å². The van der Waals surface area contributed by atoms with E-state index in [1.165, 1.54) is 4.31 Å². The maximum absolute atomic E-state index is 12.9. The van der Waals surface area contributed by atoms with Crippen LogP contribution in [0.25, 0.3) is 0 Å². The first-order valence-corrected chi connectivity index (χ1v) is 10.5. The molecule has 2 aliphatic rings. The second-order valence-electron chi connectivity index (χ2n) is 8.55. The van der Waals surface area contributed by atoms with Gasteiger partial charge in [-0.15, -0.1) is 0 Å². The van der Waals surface area contributed by atoms with Crippen molar-refractivity contribution >= 4 is 15.9 Å². The fourth-order valence-corrected chi connectivity index (χ4v) is 4.98. The van der Waals surface area contributed by atoms with Gasteiger partial charge in [0.2, 0.25) is 15.9 Å². The van der Waals surface area contributed by atoms with Gasteiger partial charge >= 0.3 is 0 Å². The molecule has 0 unspecified atom stereocenters. The molecule has 0 aliphatic carbocycles. The molecule has 26 heavy (non-hydrogen) atoms. The van der Waals surface area contributed by atoms with Crippen LogP contribution in [0, 0.1) is 12.3 Å². The van der Waals surface area contributed by atoms with E-state index in [9.17, 15) is 13.2 Å². The highest BCUT2D eigenvalue weighted by atomic mass is 32.2. The van der Waals surface area contributed by atoms with E-state index >= 15 is 0 Å². The van der Waals surface area contributed by atoms with Crippen LogP contribution in [0.5, 0.6) is 0 Å². The fraction of sp³-hybridized carbons (Fsp3) is 0.632. The summed E-state index contributed by atoms with van der Waals surface area (Å²) in [4.78, 5) is 14.7. The Morgan fingerprint density at radius 1 is 1.08 bits per heavy atom. The molecule has 2 saturated heterocycles. The third kappa shape index (κ3) is 4.27. The van der Waals surface area contributed by atoms with E-state index in [0.717, 1.165) is 5.56 Å². The van der Waals surface area contributed by atoms with Crippen molar-refractivity contribution in [1.82, 2.24) is 9.21 Å². The SMILES string of the molecule is Cc1ccc(S(=O)(=O)N2C[C@H]3CN(C(=O)CC(C)(C)C)C[C@@H](C2)O3)cc1. The van der Waals surface area contributed by atoms with Crippen LogP contribution in [0.2, 0.25) is 0 Å². The van der Waals surface area contributed by atoms with Gasteiger partial charge in [-0.2, -0.15) is 4.31 Å². The lowest BCUT2D eigenvalue weighted by atomic mass is 9.91. The molecule has 2 bridgehead atoms. The molecule has 0 N–H and O–H groups in total. The summed E-state index contributed by atoms with van der Waals surface area (Å²) in [5.41, 5.74) is 0.960. The van der Waals surface area contributed by atoms with Crippen LogP contribution in [0.15, 0.2) is 29.2 Å². The van der Waals surface area contributed by atoms with Crippen molar-refractivity contribution < 1.29 is 17.9 Å². The van der Waals surface area contributed by atoms with E-state index in [0.29, 0.717) is 24.4 Å². The standard InChI is InChI=1S/C19H28N2O4S/c1-14-5-7-17(8-6-14)26(23,24)21-12-15-10-20(11-16(13-21)25-15)18(22)9-19(2,3)4/h5-8,15-16H,9-13H2,1-4H3/t15-,16+. The normalized spacial score (nSPS) is 24.5. The van der Waals surface area contributed by atoms with E-state index in [1.54, 1.807) is 24.3 Å². The molecule has 3 rings (SSSR count). The number of carbonyl (C=O) groups is 1. The second kappa shape index (κ2) is 6.94. The summed E-state index contributed by atoms with van der Waals surface area (Å²) in [7, 11) is -3.54. The number of amides is 1. The fourth-order valence-electron chi connectivity index (χ4n) is 3.48. The summed E-state index contributed by atoms with van der Waals surface area (Å²) >= 11 is 0. The van der Waals surface area contributed by atoms with Gasteiger partial charge in [0.1, 0.15) is 0 Å². The van der Waals surface area contributed by atoms with Gasteiger partial charge in [-0.05, 0) is 24.5 Å². The first-order chi connectivity index (χ1) is 12.0. The maximum atomic E-state index is 12.9. The smallest absolute Gasteiger partial charge is 0.243 e. The Morgan fingerprint density at radius 3 is 2.12 bits per heavy atom. The average Bonchev–Trinajstić information content (AvgIpc) is 2.52. The van der Waals surface area contributed by atoms with Gasteiger partial charge in [0.15, 0.2) is 0 Å². The number of carbonyl (C=O) groups excluding carboxylic acids is 1. The number of hydrogen-bond donors (Lipinski definition) is 0. The molecule has 1 aromatic carbocycles. The molecule has 2 aliphatic heterocycles. The van der Waals surface area contributed by atoms with Crippen molar-refractivity contribution in [1.29, 1.82) is 0 Å². The molecule has 1 aromatic rings. The number of fused-ring (bicyclic) bond motifs is 2. The van der Waals surface area contributed by atoms with Gasteiger partial charge in [0.05, 0.1) is 17.1 Å². The van der Waals surface area contributed by atoms with Gasteiger partial charge in [0.25, 0.3) is 0 Å². The topological polar surface area (TPSA) is 66.9 Å². The molecular formula is C19H28N2O4S. The van der Waals surface area contributed by atoms with Crippen LogP contribution in [0.4, 0.5) is 0 Å². The van der Waals surface area contributed by atoms with Crippen LogP contribution >= 0.6 is 0 Å². The first kappa shape index (κ1) is 19.3. The summed E-state index contributed by atoms with van der Waals surface area (Å²) < 4.78 is 33.3. The lowest BCUT2D eigenvalue weighted by Crippen LogP contribution is -2.61. The minimum atomic E-state index is -3.54. The molecule has 2 fully saturated rings. The lowest BCUT2D eigenvalue weighted by Gasteiger charge is -2.45. The van der Waals surface area contributed by atoms with E-state index in [4.69, 9.17) is 4.74 Å². The Hall–Kier alpha value is -1.44. The predicted molar refractivity (Wildman–Crippen MR) is 99.3 cm³/mol. The third-order valence-electron chi connectivity index (χ3n) is 4.74. The molecule has 144 valence electrons. The van der Waals surface area contributed by atoms with Crippen LogP contribution in [-0.2, 0) is 19.6 Å². The maximum Gasteiger partial charge on any atom is 0.243 e. The molecule has 6 nitrogen and oxygen atoms in total. The van der Waals surface area contributed by atoms with Crippen LogP contribution in [0.3, 0.4) is 0 Å². The zero-order valence-electron chi connectivity index (χ0n) is 15.9. The molecule has 0 aromatic heterocycles. The number of aryl methyl sites for hydroxylation is 1. The van der Waals surface area contributed by atoms with Crippen molar-refractivity contribution in [2.45, 2.75) is 51.2 Å². The Kier molecular flexibility index (Phi) is 5.16. The van der Waals surface area contributed by atoms with Crippen molar-refractivity contribution in [2.24, 2.45) is 5.41 Å². The third-order valence-corrected chi connectivity index (χ3v) is 6.59. The van der Waals surface area contributed by atoms with Crippen molar-refractivity contribution in [3.05, 3.63) is 29.8 Å². The number of ether oxygens (including phenoxy) is 1. The number of morpholine rings is 2. The Morgan fingerprint density at radius 2 is 1.62 bits per heavy atom. The number of nitrogens with zero attached hydrogens (tertiary/aromatic N) is 2. The monoisotopic (exact) mass is 380 g/mol. The lowest BCUT2D eigenvalue weighted by molar-refractivity contribution is -0.156. The highest BCUT2D eigenvalue weighted by Crippen LogP contribution is 2.27. The summed E-state index contributed by atoms with van der Waals surface area (Å²) in [6.07, 6.45) is -0.0593. The average molecular weight is 381 g/mol. The molecule has 2 atom stereocenters. The first-order valence-electron chi connectivity index (χ1n) is 9.05. The van der Waals surface area contributed by atoms with Crippen LogP contribution in [0.1, 0.15) is 32.8 Å². The molecule has 0 saturated carbocycles. The van der Waals surface area contributed by atoms with Gasteiger partial charge in [-0.25, -0.2) is 8.42 Å². The molecule has 0 spiro atoms. The highest BCUT2D eigenvalue weighted by molar-refractivity contribution is 7.89. The Labute approximate surface area is 156 Å². The summed E-state index contributed by atoms with van der Waals surface area (Å²) in [6, 6.07) is 6.91. The number of sulfonamides is 1. The number of hydrogen-bond acceptors (Lipinski definition) is 4. The van der Waals surface area contributed by atoms with E-state index in [-0.39, 0.29) is 36.6 Å². The minimum absolute atomic E-state index is 0.0642. The van der Waals surface area contributed by atoms with Gasteiger partial charge in [-0.1, -0.05) is 38.5 Å². The van der Waals surface area contributed by atoms with Crippen molar-refractivity contribution in [2.75, 3.05) is 26.2 Å². The van der Waals surface area contributed by atoms with E-state index in [2.05, 4.69) is 0 Å². The predicted octanol–water partition coefficient (Wildman–Crippen LogP) is 2.03. The van der Waals surface area contributed by atoms with E-state index in [1.807, 2.05) is 32.6 Å². The van der Waals surface area contributed by atoms with Gasteiger partial charge in [-0.3, -0.25) is 4.79 Å². The largest absolute Gasteiger partial charge is 0.369 e. The van der Waals surface area contributed by atoms with Crippen molar-refractivity contribution in [3.63, 3.8) is 0 Å². The second-order valence-corrected chi connectivity index (χ2v) is 10.5. The Balaban J connectivity index is 1.70. The van der Waals surface area contributed by atoms with E-state index < -0.39 is 10.0 Å². The zero-order valence-corrected chi connectivity index (χ0v) is 16.8. The molecule has 0 radical (unpaired) electrons. The minimum Gasteiger partial charge on any atom is -0.369 e. The van der Waals surface area contributed by atoms with Gasteiger partial charge < -0.3 is 9.64 Å². The van der Waals surface area contributed by atoms with Crippen LogP contribution in [-0.4, -0.2) is 61.9 Å². The quantitative estimate of drug-likeness (QED) is 0.805. The number of rotatable bonds is 3.